The van der Waals surface area contributed by atoms with E-state index in [0.717, 1.165) is 54.4 Å². The molecule has 3 aromatic rings. The fourth-order valence-electron chi connectivity index (χ4n) is 5.94. The zero-order chi connectivity index (χ0) is 25.5. The summed E-state index contributed by atoms with van der Waals surface area (Å²) in [5, 5.41) is 22.8. The lowest BCUT2D eigenvalue weighted by Gasteiger charge is -2.37. The highest BCUT2D eigenvalue weighted by Crippen LogP contribution is 2.56. The van der Waals surface area contributed by atoms with Gasteiger partial charge in [-0.1, -0.05) is 48.0 Å². The second-order valence-corrected chi connectivity index (χ2v) is 10.5. The molecule has 2 N–H and O–H groups in total. The van der Waals surface area contributed by atoms with Gasteiger partial charge in [0.25, 0.3) is 0 Å². The Morgan fingerprint density at radius 1 is 0.919 bits per heavy atom. The summed E-state index contributed by atoms with van der Waals surface area (Å²) in [6.45, 7) is 3.90. The smallest absolute Gasteiger partial charge is 0.338 e. The lowest BCUT2D eigenvalue weighted by molar-refractivity contribution is 0.0136. The molecule has 1 saturated heterocycles. The summed E-state index contributed by atoms with van der Waals surface area (Å²) < 4.78 is 7.50. The molecule has 37 heavy (non-hydrogen) atoms. The number of allylic oxidation sites excluding steroid dienone is 2. The molecule has 3 aliphatic rings. The number of halogens is 1. The maximum atomic E-state index is 13.0. The monoisotopic (exact) mass is 519 g/mol. The van der Waals surface area contributed by atoms with Gasteiger partial charge in [-0.25, -0.2) is 4.79 Å². The van der Waals surface area contributed by atoms with Crippen molar-refractivity contribution in [2.24, 2.45) is 0 Å². The molecule has 1 aliphatic heterocycles. The predicted molar refractivity (Wildman–Crippen MR) is 143 cm³/mol. The molecule has 3 atom stereocenters. The van der Waals surface area contributed by atoms with Crippen molar-refractivity contribution in [3.63, 3.8) is 0 Å². The van der Waals surface area contributed by atoms with E-state index in [9.17, 15) is 15.0 Å². The second kappa shape index (κ2) is 9.80. The third-order valence-corrected chi connectivity index (χ3v) is 8.02. The van der Waals surface area contributed by atoms with E-state index >= 15 is 0 Å². The molecule has 8 heteroatoms. The number of hydrogen-bond acceptors (Lipinski definition) is 6. The highest BCUT2D eigenvalue weighted by Gasteiger charge is 2.41. The molecule has 2 bridgehead atoms. The molecule has 2 aromatic carbocycles. The molecular weight excluding hydrogens is 490 g/mol. The molecule has 0 saturated carbocycles. The minimum atomic E-state index is -0.555. The van der Waals surface area contributed by atoms with E-state index < -0.39 is 12.1 Å². The molecule has 0 radical (unpaired) electrons. The number of nitrogens with zero attached hydrogens (tertiary/aromatic N) is 3. The molecule has 2 aliphatic carbocycles. The molecular formula is C29H30ClN3O4. The van der Waals surface area contributed by atoms with E-state index in [1.54, 1.807) is 24.3 Å². The lowest BCUT2D eigenvalue weighted by Crippen LogP contribution is -2.49. The number of fused-ring (bicyclic) bond motifs is 5. The summed E-state index contributed by atoms with van der Waals surface area (Å²) in [5.41, 5.74) is 3.20. The van der Waals surface area contributed by atoms with Gasteiger partial charge >= 0.3 is 5.97 Å². The first-order valence-electron chi connectivity index (χ1n) is 12.8. The molecule has 2 unspecified atom stereocenters. The van der Waals surface area contributed by atoms with Crippen LogP contribution in [0.4, 0.5) is 5.69 Å². The quantitative estimate of drug-likeness (QED) is 0.347. The number of carbonyl (C=O) groups excluding carboxylic acids is 1. The first kappa shape index (κ1) is 23.9. The Balaban J connectivity index is 1.19. The second-order valence-electron chi connectivity index (χ2n) is 10.1. The summed E-state index contributed by atoms with van der Waals surface area (Å²) in [7, 11) is 0. The van der Waals surface area contributed by atoms with Gasteiger partial charge < -0.3 is 19.8 Å². The summed E-state index contributed by atoms with van der Waals surface area (Å²) in [4.78, 5) is 17.5. The highest BCUT2D eigenvalue weighted by molar-refractivity contribution is 6.30. The fourth-order valence-corrected chi connectivity index (χ4v) is 6.13. The molecule has 0 amide bonds. The fraction of sp³-hybridized carbons (Fsp3) is 0.345. The Bertz CT molecular complexity index is 1290. The van der Waals surface area contributed by atoms with Crippen molar-refractivity contribution < 1.29 is 19.7 Å². The number of hydrogen-bond donors (Lipinski definition) is 2. The van der Waals surface area contributed by atoms with Crippen molar-refractivity contribution in [3.8, 4) is 11.8 Å². The zero-order valence-electron chi connectivity index (χ0n) is 20.5. The van der Waals surface area contributed by atoms with E-state index in [-0.39, 0.29) is 30.1 Å². The van der Waals surface area contributed by atoms with Gasteiger partial charge in [-0.3, -0.25) is 9.47 Å². The average Bonchev–Trinajstić information content (AvgIpc) is 3.60. The molecule has 0 spiro atoms. The number of rotatable bonds is 7. The van der Waals surface area contributed by atoms with Gasteiger partial charge in [-0.05, 0) is 36.8 Å². The van der Waals surface area contributed by atoms with Crippen LogP contribution in [0.2, 0.25) is 5.02 Å². The number of ether oxygens (including phenoxy) is 1. The van der Waals surface area contributed by atoms with Gasteiger partial charge in [-0.2, -0.15) is 0 Å². The van der Waals surface area contributed by atoms with Gasteiger partial charge in [-0.15, -0.1) is 0 Å². The Kier molecular flexibility index (Phi) is 6.34. The third-order valence-electron chi connectivity index (χ3n) is 7.79. The number of anilines is 1. The normalized spacial score (nSPS) is 21.3. The first-order valence-corrected chi connectivity index (χ1v) is 13.2. The van der Waals surface area contributed by atoms with Crippen molar-refractivity contribution in [1.29, 1.82) is 0 Å². The standard InChI is InChI=1S/C29H30ClN3O4/c30-22-7-4-8-23(16-22)32-13-11-31(12-14-32)17-24(37-29(36)19-5-2-1-3-6-19)18-33-27(34)25-20-9-10-21(15-20)26(25)28(33)35/h1-10,16,20-21,24,34-35H,11-15,17-18H2/t20-,21?,24?/m0/s1. The Hall–Kier alpha value is -3.42. The first-order chi connectivity index (χ1) is 18.0. The van der Waals surface area contributed by atoms with Crippen LogP contribution in [0.1, 0.15) is 39.7 Å². The minimum absolute atomic E-state index is 0.0795. The Morgan fingerprint density at radius 2 is 1.59 bits per heavy atom. The van der Waals surface area contributed by atoms with Gasteiger partial charge in [0.1, 0.15) is 6.10 Å². The Labute approximate surface area is 221 Å². The van der Waals surface area contributed by atoms with Gasteiger partial charge in [0.15, 0.2) is 11.8 Å². The maximum Gasteiger partial charge on any atom is 0.338 e. The van der Waals surface area contributed by atoms with E-state index in [1.165, 1.54) is 4.57 Å². The Morgan fingerprint density at radius 3 is 2.24 bits per heavy atom. The van der Waals surface area contributed by atoms with Crippen LogP contribution in [0, 0.1) is 0 Å². The van der Waals surface area contributed by atoms with Crippen molar-refractivity contribution in [2.45, 2.75) is 30.9 Å². The highest BCUT2D eigenvalue weighted by atomic mass is 35.5. The average molecular weight is 520 g/mol. The van der Waals surface area contributed by atoms with Crippen molar-refractivity contribution in [3.05, 3.63) is 88.5 Å². The number of esters is 1. The molecule has 1 aromatic heterocycles. The molecule has 1 fully saturated rings. The third kappa shape index (κ3) is 4.58. The number of piperazine rings is 1. The van der Waals surface area contributed by atoms with Crippen LogP contribution in [0.25, 0.3) is 0 Å². The number of benzene rings is 2. The zero-order valence-corrected chi connectivity index (χ0v) is 21.2. The van der Waals surface area contributed by atoms with Crippen LogP contribution in [-0.2, 0) is 11.3 Å². The SMILES string of the molecule is O=C(OC(CN1CCN(c2cccc(Cl)c2)CC1)Cn1c(O)c2c(c1O)[C@H]1C=CC2C1)c1ccccc1. The largest absolute Gasteiger partial charge is 0.494 e. The van der Waals surface area contributed by atoms with Crippen molar-refractivity contribution in [1.82, 2.24) is 9.47 Å². The molecule has 7 nitrogen and oxygen atoms in total. The molecule has 2 heterocycles. The summed E-state index contributed by atoms with van der Waals surface area (Å²) in [6.07, 6.45) is 4.54. The van der Waals surface area contributed by atoms with Crippen LogP contribution in [-0.4, -0.2) is 64.5 Å². The summed E-state index contributed by atoms with van der Waals surface area (Å²) >= 11 is 6.18. The molecule has 6 rings (SSSR count). The van der Waals surface area contributed by atoms with Crippen LogP contribution < -0.4 is 4.90 Å². The van der Waals surface area contributed by atoms with Crippen LogP contribution in [0.3, 0.4) is 0 Å². The minimum Gasteiger partial charge on any atom is -0.494 e. The maximum absolute atomic E-state index is 13.0. The number of carbonyl (C=O) groups is 1. The van der Waals surface area contributed by atoms with E-state index in [1.807, 2.05) is 24.3 Å². The van der Waals surface area contributed by atoms with Gasteiger partial charge in [0.05, 0.1) is 12.1 Å². The van der Waals surface area contributed by atoms with Crippen molar-refractivity contribution in [2.75, 3.05) is 37.6 Å². The van der Waals surface area contributed by atoms with Crippen molar-refractivity contribution >= 4 is 23.3 Å². The van der Waals surface area contributed by atoms with Crippen LogP contribution >= 0.6 is 11.6 Å². The summed E-state index contributed by atoms with van der Waals surface area (Å²) in [6, 6.07) is 16.8. The van der Waals surface area contributed by atoms with E-state index in [0.29, 0.717) is 12.1 Å². The molecule has 192 valence electrons. The van der Waals surface area contributed by atoms with E-state index in [2.05, 4.69) is 28.0 Å². The predicted octanol–water partition coefficient (Wildman–Crippen LogP) is 4.74. The van der Waals surface area contributed by atoms with Crippen LogP contribution in [0.5, 0.6) is 11.8 Å². The van der Waals surface area contributed by atoms with Gasteiger partial charge in [0.2, 0.25) is 0 Å². The number of aromatic hydroxyl groups is 2. The number of aromatic nitrogens is 1. The van der Waals surface area contributed by atoms with Gasteiger partial charge in [0, 0.05) is 66.4 Å². The topological polar surface area (TPSA) is 78.2 Å². The van der Waals surface area contributed by atoms with Crippen LogP contribution in [0.15, 0.2) is 66.7 Å². The summed E-state index contributed by atoms with van der Waals surface area (Å²) in [5.74, 6) is 0.0180. The lowest BCUT2D eigenvalue weighted by atomic mass is 10.0. The van der Waals surface area contributed by atoms with E-state index in [4.69, 9.17) is 16.3 Å².